The van der Waals surface area contributed by atoms with Gasteiger partial charge >= 0.3 is 0 Å². The Balaban J connectivity index is 1.87. The largest absolute Gasteiger partial charge is 0.290 e. The summed E-state index contributed by atoms with van der Waals surface area (Å²) >= 11 is 0. The van der Waals surface area contributed by atoms with Gasteiger partial charge in [-0.2, -0.15) is 0 Å². The molecule has 2 aliphatic rings. The first-order valence-corrected chi connectivity index (χ1v) is 5.70. The maximum atomic E-state index is 13.4. The van der Waals surface area contributed by atoms with Crippen LogP contribution in [0.4, 0.5) is 4.39 Å². The number of rotatable bonds is 0. The van der Waals surface area contributed by atoms with Crippen LogP contribution in [0.3, 0.4) is 0 Å². The Morgan fingerprint density at radius 3 is 2.94 bits per heavy atom. The fraction of sp³-hybridized carbons (Fsp3) is 0.0667. The van der Waals surface area contributed by atoms with Gasteiger partial charge in [-0.05, 0) is 35.8 Å². The summed E-state index contributed by atoms with van der Waals surface area (Å²) in [5, 5.41) is 1.95. The number of nitrogens with zero attached hydrogens (tertiary/aromatic N) is 1. The van der Waals surface area contributed by atoms with E-state index in [1.807, 2.05) is 29.4 Å². The molecule has 0 radical (unpaired) electrons. The van der Waals surface area contributed by atoms with Gasteiger partial charge in [-0.1, -0.05) is 24.1 Å². The first-order chi connectivity index (χ1) is 8.81. The normalized spacial score (nSPS) is 16.2. The molecule has 1 aromatic carbocycles. The van der Waals surface area contributed by atoms with E-state index in [4.69, 9.17) is 0 Å². The Labute approximate surface area is 105 Å². The van der Waals surface area contributed by atoms with Crippen LogP contribution in [0.15, 0.2) is 60.0 Å². The first kappa shape index (κ1) is 10.7. The van der Waals surface area contributed by atoms with Crippen LogP contribution >= 0.6 is 0 Å². The quantitative estimate of drug-likeness (QED) is 0.698. The molecule has 2 nitrogen and oxygen atoms in total. The Kier molecular flexibility index (Phi) is 2.62. The van der Waals surface area contributed by atoms with Gasteiger partial charge in [0.2, 0.25) is 0 Å². The number of halogens is 1. The predicted octanol–water partition coefficient (Wildman–Crippen LogP) is 2.33. The Morgan fingerprint density at radius 2 is 2.11 bits per heavy atom. The molecular formula is C15H11FN2. The number of benzene rings is 1. The summed E-state index contributed by atoms with van der Waals surface area (Å²) in [6.45, 7) is 0.835. The van der Waals surface area contributed by atoms with E-state index in [1.54, 1.807) is 18.2 Å². The molecule has 2 bridgehead atoms. The topological polar surface area (TPSA) is 15.3 Å². The van der Waals surface area contributed by atoms with Crippen LogP contribution in [0.2, 0.25) is 0 Å². The molecule has 0 saturated carbocycles. The molecule has 3 heteroatoms. The highest BCUT2D eigenvalue weighted by Gasteiger charge is 2.12. The molecule has 0 amide bonds. The number of fused-ring (bicyclic) bond motifs is 2. The van der Waals surface area contributed by atoms with Gasteiger partial charge in [-0.25, -0.2) is 4.39 Å². The molecule has 0 aliphatic carbocycles. The highest BCUT2D eigenvalue weighted by molar-refractivity contribution is 5.45. The molecule has 2 heterocycles. The maximum Gasteiger partial charge on any atom is 0.138 e. The van der Waals surface area contributed by atoms with E-state index in [0.717, 1.165) is 12.2 Å². The van der Waals surface area contributed by atoms with Crippen LogP contribution in [0.25, 0.3) is 0 Å². The minimum atomic E-state index is -0.291. The van der Waals surface area contributed by atoms with Gasteiger partial charge in [-0.3, -0.25) is 10.4 Å². The van der Waals surface area contributed by atoms with Crippen molar-refractivity contribution in [3.05, 3.63) is 71.3 Å². The third kappa shape index (κ3) is 2.14. The molecule has 0 fully saturated rings. The SMILES string of the molecule is Fc1ccccc1C#CC1=CC2=CC=CN(C2)N1. The van der Waals surface area contributed by atoms with Crippen molar-refractivity contribution in [1.82, 2.24) is 10.4 Å². The molecular weight excluding hydrogens is 227 g/mol. The average Bonchev–Trinajstić information content (AvgIpc) is 2.37. The maximum absolute atomic E-state index is 13.4. The van der Waals surface area contributed by atoms with Crippen molar-refractivity contribution in [1.29, 1.82) is 0 Å². The molecule has 88 valence electrons. The molecule has 3 rings (SSSR count). The number of hydrazine groups is 1. The summed E-state index contributed by atoms with van der Waals surface area (Å²) in [4.78, 5) is 0. The molecule has 1 aromatic rings. The smallest absolute Gasteiger partial charge is 0.138 e. The number of hydrogen-bond donors (Lipinski definition) is 1. The molecule has 0 spiro atoms. The summed E-state index contributed by atoms with van der Waals surface area (Å²) in [5.74, 6) is 5.50. The fourth-order valence-corrected chi connectivity index (χ4v) is 1.88. The Morgan fingerprint density at radius 1 is 1.22 bits per heavy atom. The second-order valence-corrected chi connectivity index (χ2v) is 4.11. The van der Waals surface area contributed by atoms with Gasteiger partial charge in [0.25, 0.3) is 0 Å². The minimum absolute atomic E-state index is 0.291. The van der Waals surface area contributed by atoms with Crippen molar-refractivity contribution in [2.24, 2.45) is 0 Å². The minimum Gasteiger partial charge on any atom is -0.290 e. The van der Waals surface area contributed by atoms with Crippen LogP contribution in [0.1, 0.15) is 5.56 Å². The molecule has 2 aliphatic heterocycles. The fourth-order valence-electron chi connectivity index (χ4n) is 1.88. The van der Waals surface area contributed by atoms with E-state index in [0.29, 0.717) is 5.56 Å². The monoisotopic (exact) mass is 238 g/mol. The van der Waals surface area contributed by atoms with Crippen molar-refractivity contribution >= 4 is 0 Å². The number of hydrogen-bond acceptors (Lipinski definition) is 2. The average molecular weight is 238 g/mol. The lowest BCUT2D eigenvalue weighted by Crippen LogP contribution is -2.38. The van der Waals surface area contributed by atoms with E-state index in [1.165, 1.54) is 11.6 Å². The summed E-state index contributed by atoms with van der Waals surface area (Å²) in [7, 11) is 0. The van der Waals surface area contributed by atoms with Gasteiger partial charge in [0.1, 0.15) is 11.5 Å². The second-order valence-electron chi connectivity index (χ2n) is 4.11. The third-order valence-corrected chi connectivity index (χ3v) is 2.73. The van der Waals surface area contributed by atoms with E-state index < -0.39 is 0 Å². The zero-order chi connectivity index (χ0) is 12.4. The number of nitrogens with one attached hydrogen (secondary N) is 1. The zero-order valence-electron chi connectivity index (χ0n) is 9.65. The standard InChI is InChI=1S/C15H11FN2/c16-15-6-2-1-5-13(15)7-8-14-10-12-4-3-9-18(11-12)17-14/h1-6,9-10,17H,11H2. The molecule has 1 N–H and O–H groups in total. The van der Waals surface area contributed by atoms with Gasteiger partial charge in [0.15, 0.2) is 0 Å². The molecule has 0 aromatic heterocycles. The first-order valence-electron chi connectivity index (χ1n) is 5.70. The third-order valence-electron chi connectivity index (χ3n) is 2.73. The lowest BCUT2D eigenvalue weighted by Gasteiger charge is -2.29. The lowest BCUT2D eigenvalue weighted by molar-refractivity contribution is 0.322. The zero-order valence-corrected chi connectivity index (χ0v) is 9.65. The Bertz CT molecular complexity index is 629. The van der Waals surface area contributed by atoms with Crippen molar-refractivity contribution in [3.63, 3.8) is 0 Å². The van der Waals surface area contributed by atoms with Crippen molar-refractivity contribution in [3.8, 4) is 11.8 Å². The Hall–Kier alpha value is -2.47. The van der Waals surface area contributed by atoms with Gasteiger partial charge < -0.3 is 0 Å². The summed E-state index contributed by atoms with van der Waals surface area (Å²) in [6.07, 6.45) is 7.95. The summed E-state index contributed by atoms with van der Waals surface area (Å²) in [6, 6.07) is 6.52. The molecule has 18 heavy (non-hydrogen) atoms. The predicted molar refractivity (Wildman–Crippen MR) is 68.4 cm³/mol. The van der Waals surface area contributed by atoms with E-state index in [9.17, 15) is 4.39 Å². The lowest BCUT2D eigenvalue weighted by atomic mass is 10.1. The van der Waals surface area contributed by atoms with Gasteiger partial charge in [-0.15, -0.1) is 0 Å². The van der Waals surface area contributed by atoms with Crippen LogP contribution < -0.4 is 5.43 Å². The van der Waals surface area contributed by atoms with Crippen LogP contribution in [0.5, 0.6) is 0 Å². The molecule has 0 atom stereocenters. The molecule has 0 unspecified atom stereocenters. The second kappa shape index (κ2) is 4.42. The van der Waals surface area contributed by atoms with E-state index >= 15 is 0 Å². The van der Waals surface area contributed by atoms with Gasteiger partial charge in [0.05, 0.1) is 12.1 Å². The van der Waals surface area contributed by atoms with Crippen molar-refractivity contribution in [2.75, 3.05) is 6.54 Å². The van der Waals surface area contributed by atoms with Crippen molar-refractivity contribution in [2.45, 2.75) is 0 Å². The van der Waals surface area contributed by atoms with Crippen LogP contribution in [0, 0.1) is 17.7 Å². The van der Waals surface area contributed by atoms with E-state index in [2.05, 4.69) is 17.3 Å². The van der Waals surface area contributed by atoms with Crippen LogP contribution in [-0.2, 0) is 0 Å². The van der Waals surface area contributed by atoms with Gasteiger partial charge in [0, 0.05) is 6.20 Å². The van der Waals surface area contributed by atoms with Crippen molar-refractivity contribution < 1.29 is 4.39 Å². The summed E-state index contributed by atoms with van der Waals surface area (Å²) < 4.78 is 13.4. The number of allylic oxidation sites excluding steroid dienone is 3. The highest BCUT2D eigenvalue weighted by atomic mass is 19.1. The molecule has 0 saturated heterocycles. The van der Waals surface area contributed by atoms with Crippen LogP contribution in [-0.4, -0.2) is 11.6 Å². The summed E-state index contributed by atoms with van der Waals surface area (Å²) in [5.41, 5.74) is 5.52. The van der Waals surface area contributed by atoms with E-state index in [-0.39, 0.29) is 5.82 Å². The highest BCUT2D eigenvalue weighted by Crippen LogP contribution is 2.14.